The molecular formula is C14H21N3O. The highest BCUT2D eigenvalue weighted by atomic mass is 16.1. The average molecular weight is 247 g/mol. The molecule has 1 aromatic rings. The van der Waals surface area contributed by atoms with Gasteiger partial charge in [-0.25, -0.2) is 0 Å². The van der Waals surface area contributed by atoms with Crippen LogP contribution in [0.25, 0.3) is 0 Å². The number of hydrogen-bond acceptors (Lipinski definition) is 3. The molecule has 0 unspecified atom stereocenters. The molecule has 0 aromatic heterocycles. The summed E-state index contributed by atoms with van der Waals surface area (Å²) >= 11 is 0. The van der Waals surface area contributed by atoms with Crippen molar-refractivity contribution >= 4 is 17.3 Å². The predicted octanol–water partition coefficient (Wildman–Crippen LogP) is 2.36. The molecule has 0 atom stereocenters. The monoisotopic (exact) mass is 247 g/mol. The molecule has 0 bridgehead atoms. The second-order valence-electron chi connectivity index (χ2n) is 5.19. The lowest BCUT2D eigenvalue weighted by Crippen LogP contribution is -2.36. The molecule has 4 nitrogen and oxygen atoms in total. The van der Waals surface area contributed by atoms with Crippen LogP contribution in [0.4, 0.5) is 11.4 Å². The van der Waals surface area contributed by atoms with E-state index in [4.69, 9.17) is 11.5 Å². The highest BCUT2D eigenvalue weighted by Crippen LogP contribution is 2.44. The number of amides is 1. The third kappa shape index (κ3) is 2.28. The molecule has 18 heavy (non-hydrogen) atoms. The minimum absolute atomic E-state index is 0.388. The Morgan fingerprint density at radius 3 is 2.67 bits per heavy atom. The maximum atomic E-state index is 11.2. The summed E-state index contributed by atoms with van der Waals surface area (Å²) in [7, 11) is 0. The Morgan fingerprint density at radius 2 is 2.17 bits per heavy atom. The molecule has 1 saturated carbocycles. The summed E-state index contributed by atoms with van der Waals surface area (Å²) < 4.78 is 0. The van der Waals surface area contributed by atoms with Gasteiger partial charge in [-0.3, -0.25) is 4.79 Å². The van der Waals surface area contributed by atoms with Crippen molar-refractivity contribution in [3.63, 3.8) is 0 Å². The Bertz CT molecular complexity index is 447. The summed E-state index contributed by atoms with van der Waals surface area (Å²) in [4.78, 5) is 11.2. The van der Waals surface area contributed by atoms with Crippen LogP contribution in [0.5, 0.6) is 0 Å². The number of para-hydroxylation sites is 1. The van der Waals surface area contributed by atoms with E-state index in [1.54, 1.807) is 12.1 Å². The SMILES string of the molecule is CCC1(CNc2cccc(C(N)=O)c2N)CCC1. The molecular weight excluding hydrogens is 226 g/mol. The van der Waals surface area contributed by atoms with Crippen molar-refractivity contribution < 1.29 is 4.79 Å². The molecule has 1 aliphatic carbocycles. The Hall–Kier alpha value is -1.71. The number of rotatable bonds is 5. The molecule has 1 aromatic carbocycles. The Labute approximate surface area is 108 Å². The van der Waals surface area contributed by atoms with Crippen LogP contribution in [0.3, 0.4) is 0 Å². The largest absolute Gasteiger partial charge is 0.396 e. The van der Waals surface area contributed by atoms with Crippen molar-refractivity contribution in [1.82, 2.24) is 0 Å². The zero-order valence-corrected chi connectivity index (χ0v) is 10.8. The summed E-state index contributed by atoms with van der Waals surface area (Å²) in [6, 6.07) is 5.35. The molecule has 2 rings (SSSR count). The smallest absolute Gasteiger partial charge is 0.250 e. The van der Waals surface area contributed by atoms with Crippen LogP contribution in [-0.2, 0) is 0 Å². The molecule has 1 aliphatic rings. The average Bonchev–Trinajstić information content (AvgIpc) is 2.29. The van der Waals surface area contributed by atoms with Crippen molar-refractivity contribution in [2.75, 3.05) is 17.6 Å². The maximum absolute atomic E-state index is 11.2. The topological polar surface area (TPSA) is 81.1 Å². The van der Waals surface area contributed by atoms with E-state index in [0.29, 0.717) is 16.7 Å². The van der Waals surface area contributed by atoms with Gasteiger partial charge in [0.2, 0.25) is 0 Å². The lowest BCUT2D eigenvalue weighted by molar-refractivity contribution is 0.100. The summed E-state index contributed by atoms with van der Waals surface area (Å²) in [5, 5.41) is 3.37. The van der Waals surface area contributed by atoms with Gasteiger partial charge in [0, 0.05) is 6.54 Å². The number of anilines is 2. The quantitative estimate of drug-likeness (QED) is 0.699. The predicted molar refractivity (Wildman–Crippen MR) is 74.4 cm³/mol. The first-order valence-corrected chi connectivity index (χ1v) is 6.50. The van der Waals surface area contributed by atoms with E-state index in [1.807, 2.05) is 6.07 Å². The maximum Gasteiger partial charge on any atom is 0.250 e. The number of primary amides is 1. The first-order chi connectivity index (χ1) is 8.58. The fourth-order valence-corrected chi connectivity index (χ4v) is 2.55. The van der Waals surface area contributed by atoms with E-state index in [1.165, 1.54) is 25.7 Å². The van der Waals surface area contributed by atoms with Gasteiger partial charge in [0.1, 0.15) is 0 Å². The van der Waals surface area contributed by atoms with E-state index in [2.05, 4.69) is 12.2 Å². The number of nitrogens with two attached hydrogens (primary N) is 2. The van der Waals surface area contributed by atoms with Gasteiger partial charge in [-0.1, -0.05) is 19.4 Å². The van der Waals surface area contributed by atoms with E-state index in [-0.39, 0.29) is 0 Å². The number of carbonyl (C=O) groups is 1. The first-order valence-electron chi connectivity index (χ1n) is 6.50. The lowest BCUT2D eigenvalue weighted by Gasteiger charge is -2.41. The van der Waals surface area contributed by atoms with Gasteiger partial charge in [-0.15, -0.1) is 0 Å². The Kier molecular flexibility index (Phi) is 3.45. The summed E-state index contributed by atoms with van der Waals surface area (Å²) in [6.07, 6.45) is 5.03. The zero-order chi connectivity index (χ0) is 13.2. The number of nitrogens with one attached hydrogen (secondary N) is 1. The Morgan fingerprint density at radius 1 is 1.44 bits per heavy atom. The van der Waals surface area contributed by atoms with Crippen LogP contribution in [0.2, 0.25) is 0 Å². The second kappa shape index (κ2) is 4.88. The highest BCUT2D eigenvalue weighted by Gasteiger charge is 2.34. The lowest BCUT2D eigenvalue weighted by atomic mass is 9.67. The number of hydrogen-bond donors (Lipinski definition) is 3. The van der Waals surface area contributed by atoms with Gasteiger partial charge in [0.25, 0.3) is 5.91 Å². The zero-order valence-electron chi connectivity index (χ0n) is 10.8. The van der Waals surface area contributed by atoms with Crippen molar-refractivity contribution in [1.29, 1.82) is 0 Å². The third-order valence-electron chi connectivity index (χ3n) is 4.19. The molecule has 4 heteroatoms. The minimum atomic E-state index is -0.481. The highest BCUT2D eigenvalue weighted by molar-refractivity contribution is 6.00. The van der Waals surface area contributed by atoms with Crippen LogP contribution in [0.1, 0.15) is 43.0 Å². The van der Waals surface area contributed by atoms with E-state index < -0.39 is 5.91 Å². The summed E-state index contributed by atoms with van der Waals surface area (Å²) in [6.45, 7) is 3.14. The van der Waals surface area contributed by atoms with Gasteiger partial charge >= 0.3 is 0 Å². The molecule has 0 saturated heterocycles. The van der Waals surface area contributed by atoms with Gasteiger partial charge in [0.05, 0.1) is 16.9 Å². The fourth-order valence-electron chi connectivity index (χ4n) is 2.55. The van der Waals surface area contributed by atoms with Crippen molar-refractivity contribution in [3.8, 4) is 0 Å². The standard InChI is InChI=1S/C14H21N3O/c1-2-14(7-4-8-14)9-17-11-6-3-5-10(12(11)15)13(16)18/h3,5-6,17H,2,4,7-9,15H2,1H3,(H2,16,18). The first kappa shape index (κ1) is 12.7. The van der Waals surface area contributed by atoms with Crippen LogP contribution in [0.15, 0.2) is 18.2 Å². The normalized spacial score (nSPS) is 16.9. The molecule has 5 N–H and O–H groups in total. The summed E-state index contributed by atoms with van der Waals surface area (Å²) in [5.41, 5.74) is 13.3. The molecule has 0 aliphatic heterocycles. The molecule has 1 amide bonds. The number of nitrogen functional groups attached to an aromatic ring is 1. The minimum Gasteiger partial charge on any atom is -0.396 e. The van der Waals surface area contributed by atoms with Gasteiger partial charge in [-0.2, -0.15) is 0 Å². The fraction of sp³-hybridized carbons (Fsp3) is 0.500. The van der Waals surface area contributed by atoms with Crippen molar-refractivity contribution in [2.45, 2.75) is 32.6 Å². The van der Waals surface area contributed by atoms with Crippen LogP contribution in [-0.4, -0.2) is 12.5 Å². The van der Waals surface area contributed by atoms with Crippen LogP contribution in [0, 0.1) is 5.41 Å². The molecule has 0 heterocycles. The number of carbonyl (C=O) groups excluding carboxylic acids is 1. The van der Waals surface area contributed by atoms with E-state index in [9.17, 15) is 4.79 Å². The number of benzene rings is 1. The molecule has 1 fully saturated rings. The van der Waals surface area contributed by atoms with E-state index >= 15 is 0 Å². The molecule has 0 radical (unpaired) electrons. The van der Waals surface area contributed by atoms with Gasteiger partial charge in [0.15, 0.2) is 0 Å². The Balaban J connectivity index is 2.10. The van der Waals surface area contributed by atoms with Crippen LogP contribution >= 0.6 is 0 Å². The third-order valence-corrected chi connectivity index (χ3v) is 4.19. The van der Waals surface area contributed by atoms with E-state index in [0.717, 1.165) is 12.2 Å². The van der Waals surface area contributed by atoms with Crippen molar-refractivity contribution in [2.24, 2.45) is 11.1 Å². The summed E-state index contributed by atoms with van der Waals surface area (Å²) in [5.74, 6) is -0.481. The molecule has 0 spiro atoms. The van der Waals surface area contributed by atoms with Gasteiger partial charge < -0.3 is 16.8 Å². The van der Waals surface area contributed by atoms with Gasteiger partial charge in [-0.05, 0) is 36.8 Å². The van der Waals surface area contributed by atoms with Crippen LogP contribution < -0.4 is 16.8 Å². The molecule has 98 valence electrons. The second-order valence-corrected chi connectivity index (χ2v) is 5.19. The van der Waals surface area contributed by atoms with Crippen molar-refractivity contribution in [3.05, 3.63) is 23.8 Å².